The van der Waals surface area contributed by atoms with E-state index in [4.69, 9.17) is 9.84 Å². The van der Waals surface area contributed by atoms with Gasteiger partial charge < -0.3 is 15.2 Å². The predicted molar refractivity (Wildman–Crippen MR) is 63.5 cm³/mol. The van der Waals surface area contributed by atoms with Crippen LogP contribution in [0, 0.1) is 5.82 Å². The second-order valence-electron chi connectivity index (χ2n) is 4.04. The number of carbonyl (C=O) groups is 2. The summed E-state index contributed by atoms with van der Waals surface area (Å²) in [6.45, 7) is -0.0549. The molecule has 0 aromatic heterocycles. The fourth-order valence-corrected chi connectivity index (χ4v) is 1.74. The van der Waals surface area contributed by atoms with E-state index < -0.39 is 12.4 Å². The van der Waals surface area contributed by atoms with Crippen LogP contribution in [0.4, 0.5) is 4.39 Å². The van der Waals surface area contributed by atoms with Crippen molar-refractivity contribution in [3.63, 3.8) is 0 Å². The van der Waals surface area contributed by atoms with Crippen molar-refractivity contribution in [3.05, 3.63) is 47.1 Å². The van der Waals surface area contributed by atoms with Gasteiger partial charge in [0.15, 0.2) is 12.5 Å². The maximum atomic E-state index is 13.4. The Balaban J connectivity index is 2.09. The van der Waals surface area contributed by atoms with Crippen LogP contribution in [0.15, 0.2) is 35.7 Å². The van der Waals surface area contributed by atoms with Crippen LogP contribution < -0.4 is 5.32 Å². The Bertz CT molecular complexity index is 553. The highest BCUT2D eigenvalue weighted by Crippen LogP contribution is 2.18. The summed E-state index contributed by atoms with van der Waals surface area (Å²) in [5.41, 5.74) is 0.497. The van der Waals surface area contributed by atoms with E-state index >= 15 is 0 Å². The number of carboxylic acid groups (broad SMARTS) is 1. The number of hydrogen-bond donors (Lipinski definition) is 2. The number of carboxylic acids is 1. The third kappa shape index (κ3) is 3.09. The first-order chi connectivity index (χ1) is 9.08. The Morgan fingerprint density at radius 2 is 2.16 bits per heavy atom. The van der Waals surface area contributed by atoms with Crippen molar-refractivity contribution in [2.24, 2.45) is 0 Å². The molecule has 0 saturated carbocycles. The second kappa shape index (κ2) is 5.51. The molecule has 0 aliphatic carbocycles. The first kappa shape index (κ1) is 13.1. The minimum Gasteiger partial charge on any atom is -0.481 e. The van der Waals surface area contributed by atoms with Gasteiger partial charge in [0, 0.05) is 12.1 Å². The van der Waals surface area contributed by atoms with Gasteiger partial charge in [0.05, 0.1) is 12.0 Å². The molecule has 0 bridgehead atoms. The lowest BCUT2D eigenvalue weighted by Crippen LogP contribution is -2.16. The summed E-state index contributed by atoms with van der Waals surface area (Å²) >= 11 is 0. The number of carbonyl (C=O) groups excluding carboxylic acids is 1. The number of hydrogen-bond acceptors (Lipinski definition) is 4. The average molecular weight is 265 g/mol. The zero-order chi connectivity index (χ0) is 13.8. The maximum Gasteiger partial charge on any atom is 0.308 e. The molecule has 0 saturated heterocycles. The van der Waals surface area contributed by atoms with E-state index in [9.17, 15) is 14.0 Å². The zero-order valence-electron chi connectivity index (χ0n) is 9.98. The normalized spacial score (nSPS) is 14.5. The van der Waals surface area contributed by atoms with Gasteiger partial charge in [-0.1, -0.05) is 18.2 Å². The molecule has 6 heteroatoms. The van der Waals surface area contributed by atoms with Crippen LogP contribution in [-0.2, 0) is 20.9 Å². The van der Waals surface area contributed by atoms with Crippen LogP contribution in [0.25, 0.3) is 0 Å². The number of aliphatic carboxylic acids is 1. The molecule has 2 N–H and O–H groups in total. The standard InChI is InChI=1S/C13H12FNO4/c14-10-4-2-1-3-8(10)6-15-13-9(5-12(17)18)11(16)7-19-13/h1-4,15H,5-7H2,(H,17,18). The third-order valence-corrected chi connectivity index (χ3v) is 2.68. The molecule has 2 rings (SSSR count). The summed E-state index contributed by atoms with van der Waals surface area (Å²) < 4.78 is 18.5. The van der Waals surface area contributed by atoms with E-state index in [0.29, 0.717) is 5.56 Å². The molecule has 0 spiro atoms. The second-order valence-corrected chi connectivity index (χ2v) is 4.04. The first-order valence-corrected chi connectivity index (χ1v) is 5.66. The molecule has 0 fully saturated rings. The van der Waals surface area contributed by atoms with E-state index in [0.717, 1.165) is 0 Å². The van der Waals surface area contributed by atoms with Crippen molar-refractivity contribution in [2.75, 3.05) is 6.61 Å². The fourth-order valence-electron chi connectivity index (χ4n) is 1.74. The van der Waals surface area contributed by atoms with Crippen LogP contribution in [0.3, 0.4) is 0 Å². The Morgan fingerprint density at radius 3 is 2.84 bits per heavy atom. The smallest absolute Gasteiger partial charge is 0.308 e. The molecule has 1 aromatic carbocycles. The van der Waals surface area contributed by atoms with Gasteiger partial charge in [-0.25, -0.2) is 4.39 Å². The third-order valence-electron chi connectivity index (χ3n) is 2.68. The lowest BCUT2D eigenvalue weighted by atomic mass is 10.1. The summed E-state index contributed by atoms with van der Waals surface area (Å²) in [4.78, 5) is 22.1. The van der Waals surface area contributed by atoms with Crippen LogP contribution in [0.1, 0.15) is 12.0 Å². The van der Waals surface area contributed by atoms with Crippen molar-refractivity contribution < 1.29 is 23.8 Å². The quantitative estimate of drug-likeness (QED) is 0.836. The van der Waals surface area contributed by atoms with Crippen molar-refractivity contribution in [3.8, 4) is 0 Å². The van der Waals surface area contributed by atoms with Crippen LogP contribution in [-0.4, -0.2) is 23.5 Å². The summed E-state index contributed by atoms with van der Waals surface area (Å²) in [5, 5.41) is 11.5. The lowest BCUT2D eigenvalue weighted by molar-refractivity contribution is -0.136. The molecular weight excluding hydrogens is 253 g/mol. The van der Waals surface area contributed by atoms with E-state index in [1.54, 1.807) is 18.2 Å². The van der Waals surface area contributed by atoms with Crippen molar-refractivity contribution >= 4 is 11.8 Å². The van der Waals surface area contributed by atoms with Crippen molar-refractivity contribution in [2.45, 2.75) is 13.0 Å². The Morgan fingerprint density at radius 1 is 1.42 bits per heavy atom. The van der Waals surface area contributed by atoms with Gasteiger partial charge in [-0.05, 0) is 6.07 Å². The van der Waals surface area contributed by atoms with Gasteiger partial charge in [0.2, 0.25) is 5.78 Å². The molecule has 0 radical (unpaired) electrons. The minimum absolute atomic E-state index is 0.0869. The number of ketones is 1. The van der Waals surface area contributed by atoms with Gasteiger partial charge in [0.25, 0.3) is 0 Å². The van der Waals surface area contributed by atoms with Gasteiger partial charge >= 0.3 is 5.97 Å². The number of benzene rings is 1. The number of ether oxygens (including phenoxy) is 1. The summed E-state index contributed by atoms with van der Waals surface area (Å²) in [7, 11) is 0. The van der Waals surface area contributed by atoms with E-state index in [1.165, 1.54) is 6.07 Å². The monoisotopic (exact) mass is 265 g/mol. The summed E-state index contributed by atoms with van der Waals surface area (Å²) in [5.74, 6) is -1.73. The lowest BCUT2D eigenvalue weighted by Gasteiger charge is -2.09. The van der Waals surface area contributed by atoms with Gasteiger partial charge in [-0.3, -0.25) is 9.59 Å². The van der Waals surface area contributed by atoms with Crippen LogP contribution in [0.2, 0.25) is 0 Å². The molecule has 19 heavy (non-hydrogen) atoms. The Kier molecular flexibility index (Phi) is 3.79. The highest BCUT2D eigenvalue weighted by atomic mass is 19.1. The van der Waals surface area contributed by atoms with E-state index in [-0.39, 0.29) is 36.2 Å². The topological polar surface area (TPSA) is 75.6 Å². The minimum atomic E-state index is -1.11. The zero-order valence-corrected chi connectivity index (χ0v) is 9.98. The molecule has 100 valence electrons. The highest BCUT2D eigenvalue weighted by molar-refractivity contribution is 6.01. The predicted octanol–water partition coefficient (Wildman–Crippen LogP) is 1.20. The Labute approximate surface area is 108 Å². The summed E-state index contributed by atoms with van der Waals surface area (Å²) in [6, 6.07) is 6.18. The molecular formula is C13H12FNO4. The molecule has 1 aliphatic rings. The van der Waals surface area contributed by atoms with Gasteiger partial charge in [-0.15, -0.1) is 0 Å². The van der Waals surface area contributed by atoms with Crippen molar-refractivity contribution in [1.29, 1.82) is 0 Å². The molecule has 1 aliphatic heterocycles. The highest BCUT2D eigenvalue weighted by Gasteiger charge is 2.26. The molecule has 0 amide bonds. The van der Waals surface area contributed by atoms with Gasteiger partial charge in [0.1, 0.15) is 5.82 Å². The molecule has 0 unspecified atom stereocenters. The first-order valence-electron chi connectivity index (χ1n) is 5.66. The number of Topliss-reactive ketones (excluding diaryl/α,β-unsaturated/α-hetero) is 1. The average Bonchev–Trinajstić information content (AvgIpc) is 2.70. The SMILES string of the molecule is O=C(O)CC1=C(NCc2ccccc2F)OCC1=O. The van der Waals surface area contributed by atoms with Crippen molar-refractivity contribution in [1.82, 2.24) is 5.32 Å². The Hall–Kier alpha value is -2.37. The molecule has 0 atom stereocenters. The maximum absolute atomic E-state index is 13.4. The van der Waals surface area contributed by atoms with E-state index in [2.05, 4.69) is 5.32 Å². The number of rotatable bonds is 5. The van der Waals surface area contributed by atoms with E-state index in [1.807, 2.05) is 0 Å². The van der Waals surface area contributed by atoms with Crippen LogP contribution in [0.5, 0.6) is 0 Å². The molecule has 5 nitrogen and oxygen atoms in total. The summed E-state index contributed by atoms with van der Waals surface area (Å²) in [6.07, 6.45) is -0.404. The number of nitrogens with one attached hydrogen (secondary N) is 1. The largest absolute Gasteiger partial charge is 0.481 e. The molecule has 1 heterocycles. The van der Waals surface area contributed by atoms with Crippen LogP contribution >= 0.6 is 0 Å². The van der Waals surface area contributed by atoms with Gasteiger partial charge in [-0.2, -0.15) is 0 Å². The molecule has 1 aromatic rings. The fraction of sp³-hybridized carbons (Fsp3) is 0.231. The number of halogens is 1.